The van der Waals surface area contributed by atoms with Crippen LogP contribution < -0.4 is 5.32 Å². The maximum absolute atomic E-state index is 13.0. The van der Waals surface area contributed by atoms with Gasteiger partial charge >= 0.3 is 0 Å². The Labute approximate surface area is 106 Å². The van der Waals surface area contributed by atoms with Crippen LogP contribution in [0.3, 0.4) is 0 Å². The Morgan fingerprint density at radius 1 is 1.50 bits per heavy atom. The van der Waals surface area contributed by atoms with Crippen molar-refractivity contribution < 1.29 is 9.18 Å². The Balaban J connectivity index is 2.14. The van der Waals surface area contributed by atoms with E-state index >= 15 is 0 Å². The van der Waals surface area contributed by atoms with E-state index < -0.39 is 5.82 Å². The van der Waals surface area contributed by atoms with Crippen LogP contribution in [0.4, 0.5) is 10.1 Å². The third-order valence-corrected chi connectivity index (χ3v) is 3.56. The van der Waals surface area contributed by atoms with E-state index in [0.29, 0.717) is 11.6 Å². The molecule has 0 aliphatic heterocycles. The Kier molecular flexibility index (Phi) is 3.61. The minimum Gasteiger partial charge on any atom is -0.325 e. The van der Waals surface area contributed by atoms with Gasteiger partial charge < -0.3 is 5.32 Å². The lowest BCUT2D eigenvalue weighted by molar-refractivity contribution is -0.120. The zero-order chi connectivity index (χ0) is 13.1. The van der Waals surface area contributed by atoms with Gasteiger partial charge in [-0.05, 0) is 37.0 Å². The highest BCUT2D eigenvalue weighted by Gasteiger charge is 2.29. The fraction of sp³-hybridized carbons (Fsp3) is 0.429. The molecule has 0 saturated heterocycles. The number of hydrogen-bond acceptors (Lipinski definition) is 2. The number of hydrogen-bond donors (Lipinski definition) is 1. The van der Waals surface area contributed by atoms with Crippen molar-refractivity contribution in [2.75, 3.05) is 5.32 Å². The second-order valence-corrected chi connectivity index (χ2v) is 4.81. The molecular formula is C14H15FN2O. The van der Waals surface area contributed by atoms with Crippen molar-refractivity contribution in [3.05, 3.63) is 29.6 Å². The van der Waals surface area contributed by atoms with Gasteiger partial charge in [-0.2, -0.15) is 5.26 Å². The first-order valence-corrected chi connectivity index (χ1v) is 6.12. The summed E-state index contributed by atoms with van der Waals surface area (Å²) in [6.45, 7) is 2.06. The van der Waals surface area contributed by atoms with Crippen LogP contribution in [0.2, 0.25) is 0 Å². The van der Waals surface area contributed by atoms with Crippen LogP contribution in [0, 0.1) is 29.0 Å². The molecule has 1 fully saturated rings. The lowest BCUT2D eigenvalue weighted by Gasteiger charge is -2.15. The normalized spacial score (nSPS) is 22.5. The van der Waals surface area contributed by atoms with Crippen LogP contribution in [0.5, 0.6) is 0 Å². The molecule has 2 atom stereocenters. The standard InChI is InChI=1S/C14H15FN2O/c1-9-3-2-4-12(9)14(18)17-13-6-5-11(15)7-10(13)8-16/h5-7,9,12H,2-4H2,1H3,(H,17,18). The molecule has 2 unspecified atom stereocenters. The predicted molar refractivity (Wildman–Crippen MR) is 66.2 cm³/mol. The quantitative estimate of drug-likeness (QED) is 0.871. The predicted octanol–water partition coefficient (Wildman–Crippen LogP) is 3.07. The van der Waals surface area contributed by atoms with Crippen molar-refractivity contribution in [2.24, 2.45) is 11.8 Å². The Bertz CT molecular complexity index is 507. The third kappa shape index (κ3) is 2.51. The highest BCUT2D eigenvalue weighted by molar-refractivity contribution is 5.94. The number of halogens is 1. The van der Waals surface area contributed by atoms with Crippen molar-refractivity contribution in [2.45, 2.75) is 26.2 Å². The first kappa shape index (κ1) is 12.6. The van der Waals surface area contributed by atoms with Gasteiger partial charge in [0.15, 0.2) is 0 Å². The molecule has 1 aliphatic rings. The van der Waals surface area contributed by atoms with Gasteiger partial charge in [-0.25, -0.2) is 4.39 Å². The number of rotatable bonds is 2. The first-order valence-electron chi connectivity index (χ1n) is 6.12. The molecule has 1 aliphatic carbocycles. The Morgan fingerprint density at radius 3 is 2.89 bits per heavy atom. The van der Waals surface area contributed by atoms with Crippen molar-refractivity contribution in [3.63, 3.8) is 0 Å². The monoisotopic (exact) mass is 246 g/mol. The van der Waals surface area contributed by atoms with Crippen LogP contribution in [0.25, 0.3) is 0 Å². The molecule has 0 heterocycles. The number of nitriles is 1. The molecule has 1 aromatic rings. The second kappa shape index (κ2) is 5.18. The van der Waals surface area contributed by atoms with Crippen LogP contribution in [0.1, 0.15) is 31.7 Å². The van der Waals surface area contributed by atoms with Crippen LogP contribution >= 0.6 is 0 Å². The van der Waals surface area contributed by atoms with Crippen molar-refractivity contribution >= 4 is 11.6 Å². The molecule has 4 heteroatoms. The smallest absolute Gasteiger partial charge is 0.227 e. The van der Waals surface area contributed by atoms with Gasteiger partial charge in [0.25, 0.3) is 0 Å². The van der Waals surface area contributed by atoms with E-state index in [1.54, 1.807) is 0 Å². The van der Waals surface area contributed by atoms with Gasteiger partial charge in [-0.1, -0.05) is 13.3 Å². The zero-order valence-electron chi connectivity index (χ0n) is 10.2. The number of nitrogens with one attached hydrogen (secondary N) is 1. The molecule has 94 valence electrons. The summed E-state index contributed by atoms with van der Waals surface area (Å²) in [5, 5.41) is 11.6. The molecule has 0 bridgehead atoms. The van der Waals surface area contributed by atoms with E-state index in [2.05, 4.69) is 12.2 Å². The highest BCUT2D eigenvalue weighted by Crippen LogP contribution is 2.32. The van der Waals surface area contributed by atoms with Crippen molar-refractivity contribution in [3.8, 4) is 6.07 Å². The molecule has 1 saturated carbocycles. The SMILES string of the molecule is CC1CCCC1C(=O)Nc1ccc(F)cc1C#N. The second-order valence-electron chi connectivity index (χ2n) is 4.81. The minimum absolute atomic E-state index is 0.00148. The van der Waals surface area contributed by atoms with E-state index in [9.17, 15) is 9.18 Å². The summed E-state index contributed by atoms with van der Waals surface area (Å²) in [5.41, 5.74) is 0.553. The molecule has 0 radical (unpaired) electrons. The van der Waals surface area contributed by atoms with Gasteiger partial charge in [-0.3, -0.25) is 4.79 Å². The number of carbonyl (C=O) groups is 1. The van der Waals surface area contributed by atoms with Gasteiger partial charge in [0, 0.05) is 5.92 Å². The number of nitrogens with zero attached hydrogens (tertiary/aromatic N) is 1. The number of amides is 1. The third-order valence-electron chi connectivity index (χ3n) is 3.56. The van der Waals surface area contributed by atoms with Crippen LogP contribution in [0.15, 0.2) is 18.2 Å². The largest absolute Gasteiger partial charge is 0.325 e. The highest BCUT2D eigenvalue weighted by atomic mass is 19.1. The number of anilines is 1. The zero-order valence-corrected chi connectivity index (χ0v) is 10.2. The van der Waals surface area contributed by atoms with Crippen molar-refractivity contribution in [1.82, 2.24) is 0 Å². The summed E-state index contributed by atoms with van der Waals surface area (Å²) >= 11 is 0. The van der Waals surface area contributed by atoms with Gasteiger partial charge in [0.1, 0.15) is 11.9 Å². The van der Waals surface area contributed by atoms with E-state index in [1.807, 2.05) is 6.07 Å². The summed E-state index contributed by atoms with van der Waals surface area (Å²) in [4.78, 5) is 12.1. The van der Waals surface area contributed by atoms with E-state index in [-0.39, 0.29) is 17.4 Å². The molecule has 1 aromatic carbocycles. The maximum Gasteiger partial charge on any atom is 0.227 e. The molecule has 0 aromatic heterocycles. The molecular weight excluding hydrogens is 231 g/mol. The molecule has 0 spiro atoms. The van der Waals surface area contributed by atoms with E-state index in [4.69, 9.17) is 5.26 Å². The summed E-state index contributed by atoms with van der Waals surface area (Å²) in [5.74, 6) is -0.167. The fourth-order valence-corrected chi connectivity index (χ4v) is 2.48. The van der Waals surface area contributed by atoms with Crippen molar-refractivity contribution in [1.29, 1.82) is 5.26 Å². The van der Waals surface area contributed by atoms with E-state index in [0.717, 1.165) is 25.3 Å². The van der Waals surface area contributed by atoms with Crippen LogP contribution in [-0.2, 0) is 4.79 Å². The van der Waals surface area contributed by atoms with Gasteiger partial charge in [-0.15, -0.1) is 0 Å². The first-order chi connectivity index (χ1) is 8.61. The molecule has 1 N–H and O–H groups in total. The van der Waals surface area contributed by atoms with E-state index in [1.165, 1.54) is 12.1 Å². The number of benzene rings is 1. The summed E-state index contributed by atoms with van der Waals surface area (Å²) in [6, 6.07) is 5.70. The lowest BCUT2D eigenvalue weighted by Crippen LogP contribution is -2.24. The molecule has 1 amide bonds. The summed E-state index contributed by atoms with van der Waals surface area (Å²) in [7, 11) is 0. The molecule has 2 rings (SSSR count). The Morgan fingerprint density at radius 2 is 2.28 bits per heavy atom. The molecule has 3 nitrogen and oxygen atoms in total. The summed E-state index contributed by atoms with van der Waals surface area (Å²) < 4.78 is 13.0. The fourth-order valence-electron chi connectivity index (χ4n) is 2.48. The minimum atomic E-state index is -0.473. The number of carbonyl (C=O) groups excluding carboxylic acids is 1. The van der Waals surface area contributed by atoms with Gasteiger partial charge in [0.2, 0.25) is 5.91 Å². The topological polar surface area (TPSA) is 52.9 Å². The average molecular weight is 246 g/mol. The van der Waals surface area contributed by atoms with Gasteiger partial charge in [0.05, 0.1) is 11.3 Å². The van der Waals surface area contributed by atoms with Crippen LogP contribution in [-0.4, -0.2) is 5.91 Å². The maximum atomic E-state index is 13.0. The molecule has 18 heavy (non-hydrogen) atoms. The Hall–Kier alpha value is -1.89. The average Bonchev–Trinajstić information content (AvgIpc) is 2.77. The summed E-state index contributed by atoms with van der Waals surface area (Å²) in [6.07, 6.45) is 3.01. The lowest BCUT2D eigenvalue weighted by atomic mass is 9.97.